The summed E-state index contributed by atoms with van der Waals surface area (Å²) in [7, 11) is 0. The second-order valence-electron chi connectivity index (χ2n) is 7.44. The molecule has 0 aliphatic carbocycles. The van der Waals surface area contributed by atoms with Crippen molar-refractivity contribution in [1.29, 1.82) is 0 Å². The molecule has 6 nitrogen and oxygen atoms in total. The van der Waals surface area contributed by atoms with E-state index in [9.17, 15) is 15.0 Å². The summed E-state index contributed by atoms with van der Waals surface area (Å²) in [6, 6.07) is 21.4. The first-order valence-electron chi connectivity index (χ1n) is 9.81. The van der Waals surface area contributed by atoms with Crippen LogP contribution >= 0.6 is 23.1 Å². The Labute approximate surface area is 194 Å². The summed E-state index contributed by atoms with van der Waals surface area (Å²) in [5, 5.41) is 23.4. The predicted molar refractivity (Wildman–Crippen MR) is 131 cm³/mol. The zero-order valence-electron chi connectivity index (χ0n) is 17.1. The zero-order valence-corrected chi connectivity index (χ0v) is 18.7. The Kier molecular flexibility index (Phi) is 6.23. The van der Waals surface area contributed by atoms with Crippen molar-refractivity contribution in [2.75, 3.05) is 11.9 Å². The normalized spacial score (nSPS) is 13.3. The van der Waals surface area contributed by atoms with E-state index >= 15 is 0 Å². The van der Waals surface area contributed by atoms with Crippen LogP contribution in [0.25, 0.3) is 21.2 Å². The van der Waals surface area contributed by atoms with Crippen molar-refractivity contribution in [3.8, 4) is 11.1 Å². The van der Waals surface area contributed by atoms with Crippen molar-refractivity contribution >= 4 is 56.9 Å². The molecule has 1 aromatic heterocycles. The van der Waals surface area contributed by atoms with Gasteiger partial charge >= 0.3 is 5.97 Å². The Hall–Kier alpha value is -3.26. The van der Waals surface area contributed by atoms with Gasteiger partial charge in [-0.2, -0.15) is 4.37 Å². The molecule has 0 amide bonds. The second-order valence-corrected chi connectivity index (χ2v) is 8.62. The fraction of sp³-hybridized carbons (Fsp3) is 0.125. The van der Waals surface area contributed by atoms with Crippen LogP contribution < -0.4 is 5.32 Å². The van der Waals surface area contributed by atoms with Crippen molar-refractivity contribution in [3.05, 3.63) is 77.3 Å². The minimum Gasteiger partial charge on any atom is -0.479 e. The van der Waals surface area contributed by atoms with E-state index in [1.165, 1.54) is 24.7 Å². The summed E-state index contributed by atoms with van der Waals surface area (Å²) >= 11 is 8.00. The van der Waals surface area contributed by atoms with E-state index in [2.05, 4.69) is 14.7 Å². The van der Waals surface area contributed by atoms with Crippen LogP contribution in [-0.2, 0) is 4.79 Å². The molecule has 1 unspecified atom stereocenters. The fourth-order valence-electron chi connectivity index (χ4n) is 3.10. The van der Waals surface area contributed by atoms with Gasteiger partial charge in [0.05, 0.1) is 22.0 Å². The van der Waals surface area contributed by atoms with E-state index in [4.69, 9.17) is 11.6 Å². The number of aliphatic imine (C=N–C) groups is 1. The second kappa shape index (κ2) is 9.08. The number of carboxylic acids is 1. The first kappa shape index (κ1) is 22.0. The smallest absolute Gasteiger partial charge is 0.333 e. The quantitative estimate of drug-likeness (QED) is 0.308. The Balaban J connectivity index is 1.62. The monoisotopic (exact) mass is 465 g/mol. The van der Waals surface area contributed by atoms with Crippen LogP contribution in [-0.4, -0.2) is 38.9 Å². The van der Waals surface area contributed by atoms with Gasteiger partial charge in [-0.15, -0.1) is 0 Å². The standard InChI is InChI=1S/C24H20ClN3O3S/c1-24(14-29,23(30)31)26-13-15-10-11-18-20(12-15)32-28-22(18)27-19-9-5-8-17(21(19)25)16-6-3-2-4-7-16/h2-13,29H,14H2,1H3,(H,27,28)(H,30,31). The van der Waals surface area contributed by atoms with Crippen molar-refractivity contribution in [1.82, 2.24) is 4.37 Å². The number of carbonyl (C=O) groups is 1. The lowest BCUT2D eigenvalue weighted by atomic mass is 10.0. The number of aromatic nitrogens is 1. The molecule has 0 saturated carbocycles. The number of nitrogens with one attached hydrogen (secondary N) is 1. The number of anilines is 2. The SMILES string of the molecule is CC(CO)(N=Cc1ccc2c(Nc3cccc(-c4ccccc4)c3Cl)nsc2c1)C(=O)O. The molecule has 0 radical (unpaired) electrons. The molecular weight excluding hydrogens is 446 g/mol. The van der Waals surface area contributed by atoms with Crippen molar-refractivity contribution in [2.45, 2.75) is 12.5 Å². The lowest BCUT2D eigenvalue weighted by Crippen LogP contribution is -2.37. The molecule has 0 aliphatic rings. The molecule has 4 aromatic rings. The van der Waals surface area contributed by atoms with E-state index < -0.39 is 18.1 Å². The zero-order chi connectivity index (χ0) is 22.7. The number of hydrogen-bond acceptors (Lipinski definition) is 6. The van der Waals surface area contributed by atoms with Crippen LogP contribution in [0.15, 0.2) is 71.7 Å². The average molecular weight is 466 g/mol. The maximum atomic E-state index is 11.3. The van der Waals surface area contributed by atoms with Crippen LogP contribution in [0, 0.1) is 0 Å². The number of nitrogens with zero attached hydrogens (tertiary/aromatic N) is 2. The number of aliphatic carboxylic acids is 1. The average Bonchev–Trinajstić information content (AvgIpc) is 3.21. The fourth-order valence-corrected chi connectivity index (χ4v) is 4.17. The molecule has 8 heteroatoms. The van der Waals surface area contributed by atoms with Crippen molar-refractivity contribution in [3.63, 3.8) is 0 Å². The van der Waals surface area contributed by atoms with E-state index in [-0.39, 0.29) is 0 Å². The molecule has 1 atom stereocenters. The highest BCUT2D eigenvalue weighted by atomic mass is 35.5. The molecule has 0 fully saturated rings. The third-order valence-electron chi connectivity index (χ3n) is 5.10. The van der Waals surface area contributed by atoms with Gasteiger partial charge in [-0.3, -0.25) is 4.99 Å². The molecule has 0 bridgehead atoms. The number of benzene rings is 3. The third kappa shape index (κ3) is 4.36. The van der Waals surface area contributed by atoms with Crippen molar-refractivity contribution < 1.29 is 15.0 Å². The van der Waals surface area contributed by atoms with E-state index in [1.807, 2.05) is 66.7 Å². The lowest BCUT2D eigenvalue weighted by Gasteiger charge is -2.16. The Morgan fingerprint density at radius 3 is 2.69 bits per heavy atom. The topological polar surface area (TPSA) is 94.8 Å². The molecule has 0 saturated heterocycles. The first-order valence-corrected chi connectivity index (χ1v) is 11.0. The van der Waals surface area contributed by atoms with Crippen LogP contribution in [0.2, 0.25) is 5.02 Å². The summed E-state index contributed by atoms with van der Waals surface area (Å²) in [6.07, 6.45) is 1.46. The van der Waals surface area contributed by atoms with Gasteiger partial charge in [0.2, 0.25) is 0 Å². The summed E-state index contributed by atoms with van der Waals surface area (Å²) < 4.78 is 5.43. The van der Waals surface area contributed by atoms with Crippen LogP contribution in [0.5, 0.6) is 0 Å². The highest BCUT2D eigenvalue weighted by Crippen LogP contribution is 2.37. The van der Waals surface area contributed by atoms with E-state index in [0.29, 0.717) is 10.8 Å². The van der Waals surface area contributed by atoms with Gasteiger partial charge in [-0.1, -0.05) is 60.1 Å². The van der Waals surface area contributed by atoms with Gasteiger partial charge < -0.3 is 15.5 Å². The van der Waals surface area contributed by atoms with Gasteiger partial charge in [0.15, 0.2) is 11.4 Å². The Bertz CT molecular complexity index is 1310. The van der Waals surface area contributed by atoms with E-state index in [1.54, 1.807) is 0 Å². The molecular formula is C24H20ClN3O3S. The highest BCUT2D eigenvalue weighted by molar-refractivity contribution is 7.13. The largest absolute Gasteiger partial charge is 0.479 e. The van der Waals surface area contributed by atoms with Crippen molar-refractivity contribution in [2.24, 2.45) is 4.99 Å². The van der Waals surface area contributed by atoms with Gasteiger partial charge in [-0.05, 0) is 47.8 Å². The number of rotatable bonds is 7. The van der Waals surface area contributed by atoms with E-state index in [0.717, 1.165) is 32.5 Å². The third-order valence-corrected chi connectivity index (χ3v) is 6.32. The van der Waals surface area contributed by atoms with Gasteiger partial charge in [0.25, 0.3) is 0 Å². The number of aliphatic hydroxyl groups is 1. The lowest BCUT2D eigenvalue weighted by molar-refractivity contribution is -0.143. The number of hydrogen-bond donors (Lipinski definition) is 3. The van der Waals surface area contributed by atoms with Gasteiger partial charge in [0, 0.05) is 17.2 Å². The first-order chi connectivity index (χ1) is 15.4. The summed E-state index contributed by atoms with van der Waals surface area (Å²) in [4.78, 5) is 15.4. The molecule has 3 N–H and O–H groups in total. The number of halogens is 1. The molecule has 4 rings (SSSR count). The molecule has 0 aliphatic heterocycles. The van der Waals surface area contributed by atoms with Crippen LogP contribution in [0.1, 0.15) is 12.5 Å². The predicted octanol–water partition coefficient (Wildman–Crippen LogP) is 5.61. The van der Waals surface area contributed by atoms with Gasteiger partial charge in [0.1, 0.15) is 0 Å². The summed E-state index contributed by atoms with van der Waals surface area (Å²) in [6.45, 7) is 0.783. The molecule has 162 valence electrons. The number of carboxylic acid groups (broad SMARTS) is 1. The molecule has 0 spiro atoms. The summed E-state index contributed by atoms with van der Waals surface area (Å²) in [5.41, 5.74) is 1.87. The minimum atomic E-state index is -1.57. The van der Waals surface area contributed by atoms with Gasteiger partial charge in [-0.25, -0.2) is 4.79 Å². The number of aliphatic hydroxyl groups excluding tert-OH is 1. The maximum Gasteiger partial charge on any atom is 0.333 e. The number of fused-ring (bicyclic) bond motifs is 1. The van der Waals surface area contributed by atoms with Crippen LogP contribution in [0.4, 0.5) is 11.5 Å². The highest BCUT2D eigenvalue weighted by Gasteiger charge is 2.30. The Morgan fingerprint density at radius 2 is 1.97 bits per heavy atom. The maximum absolute atomic E-state index is 11.3. The molecule has 1 heterocycles. The molecule has 3 aromatic carbocycles. The Morgan fingerprint density at radius 1 is 1.19 bits per heavy atom. The summed E-state index contributed by atoms with van der Waals surface area (Å²) in [5.74, 6) is -0.498. The molecule has 32 heavy (non-hydrogen) atoms. The van der Waals surface area contributed by atoms with Crippen LogP contribution in [0.3, 0.4) is 0 Å². The minimum absolute atomic E-state index is 0.585.